The average Bonchev–Trinajstić information content (AvgIpc) is 3.14. The van der Waals surface area contributed by atoms with Crippen molar-refractivity contribution in [3.05, 3.63) is 99.4 Å². The number of phenolic OH excluding ortho intramolecular Hbond substituents is 1. The number of aromatic nitrogens is 1. The van der Waals surface area contributed by atoms with Crippen LogP contribution in [0.1, 0.15) is 23.6 Å². The van der Waals surface area contributed by atoms with E-state index >= 15 is 0 Å². The number of aromatic hydroxyl groups is 1. The van der Waals surface area contributed by atoms with Gasteiger partial charge in [0.25, 0.3) is 0 Å². The molecule has 1 N–H and O–H groups in total. The molecule has 0 aliphatic carbocycles. The minimum Gasteiger partial charge on any atom is -0.507 e. The van der Waals surface area contributed by atoms with Gasteiger partial charge in [0.15, 0.2) is 0 Å². The van der Waals surface area contributed by atoms with Crippen LogP contribution in [0.2, 0.25) is 0 Å². The highest BCUT2D eigenvalue weighted by Crippen LogP contribution is 2.26. The van der Waals surface area contributed by atoms with Gasteiger partial charge in [-0.2, -0.15) is 5.10 Å². The Morgan fingerprint density at radius 1 is 0.968 bits per heavy atom. The van der Waals surface area contributed by atoms with Gasteiger partial charge in [0, 0.05) is 16.5 Å². The third-order valence-electron chi connectivity index (χ3n) is 5.17. The van der Waals surface area contributed by atoms with Crippen LogP contribution in [0.5, 0.6) is 5.75 Å². The first-order valence-electron chi connectivity index (χ1n) is 9.86. The summed E-state index contributed by atoms with van der Waals surface area (Å²) in [5, 5.41) is 16.8. The quantitative estimate of drug-likeness (QED) is 0.385. The van der Waals surface area contributed by atoms with E-state index in [1.807, 2.05) is 50.4 Å². The molecular formula is C25H22FN3OS. The molecule has 0 saturated heterocycles. The summed E-state index contributed by atoms with van der Waals surface area (Å²) in [5.74, 6) is -0.192. The van der Waals surface area contributed by atoms with Gasteiger partial charge in [-0.1, -0.05) is 36.4 Å². The van der Waals surface area contributed by atoms with Gasteiger partial charge in [0.2, 0.25) is 4.80 Å². The molecule has 0 spiro atoms. The predicted octanol–water partition coefficient (Wildman–Crippen LogP) is 6.18. The molecular weight excluding hydrogens is 409 g/mol. The highest BCUT2D eigenvalue weighted by Gasteiger charge is 2.13. The zero-order valence-corrected chi connectivity index (χ0v) is 18.3. The van der Waals surface area contributed by atoms with E-state index in [-0.39, 0.29) is 11.6 Å². The predicted molar refractivity (Wildman–Crippen MR) is 125 cm³/mol. The zero-order chi connectivity index (χ0) is 22.0. The lowest BCUT2D eigenvalue weighted by Gasteiger charge is -2.08. The number of rotatable bonds is 4. The number of hydrogen-bond donors (Lipinski definition) is 1. The number of nitrogens with zero attached hydrogens (tertiary/aromatic N) is 3. The molecule has 31 heavy (non-hydrogen) atoms. The third kappa shape index (κ3) is 4.20. The Hall–Kier alpha value is -3.51. The van der Waals surface area contributed by atoms with Gasteiger partial charge in [0.1, 0.15) is 11.6 Å². The third-order valence-corrected chi connectivity index (χ3v) is 5.99. The highest BCUT2D eigenvalue weighted by atomic mass is 32.1. The molecule has 0 unspecified atom stereocenters. The smallest absolute Gasteiger partial charge is 0.211 e. The van der Waals surface area contributed by atoms with Gasteiger partial charge in [-0.3, -0.25) is 0 Å². The van der Waals surface area contributed by atoms with Gasteiger partial charge in [-0.15, -0.1) is 11.3 Å². The van der Waals surface area contributed by atoms with Crippen LogP contribution in [0.4, 0.5) is 10.1 Å². The Bertz CT molecular complexity index is 1350. The Kier molecular flexibility index (Phi) is 5.82. The summed E-state index contributed by atoms with van der Waals surface area (Å²) in [5.41, 5.74) is 5.31. The van der Waals surface area contributed by atoms with E-state index in [9.17, 15) is 9.50 Å². The van der Waals surface area contributed by atoms with E-state index in [1.165, 1.54) is 17.4 Å². The minimum atomic E-state index is -0.331. The second-order valence-electron chi connectivity index (χ2n) is 7.23. The van der Waals surface area contributed by atoms with E-state index in [1.54, 1.807) is 41.1 Å². The van der Waals surface area contributed by atoms with E-state index in [0.29, 0.717) is 27.3 Å². The first-order chi connectivity index (χ1) is 15.0. The Balaban J connectivity index is 1.97. The highest BCUT2D eigenvalue weighted by molar-refractivity contribution is 7.07. The second kappa shape index (κ2) is 8.70. The lowest BCUT2D eigenvalue weighted by atomic mass is 10.1. The monoisotopic (exact) mass is 431 g/mol. The summed E-state index contributed by atoms with van der Waals surface area (Å²) in [4.78, 5) is 5.45. The van der Waals surface area contributed by atoms with Crippen LogP contribution >= 0.6 is 11.3 Å². The van der Waals surface area contributed by atoms with Crippen molar-refractivity contribution in [2.24, 2.45) is 10.1 Å². The number of phenols is 1. The maximum absolute atomic E-state index is 14.6. The van der Waals surface area contributed by atoms with Crippen molar-refractivity contribution in [3.8, 4) is 17.0 Å². The van der Waals surface area contributed by atoms with E-state index in [4.69, 9.17) is 10.1 Å². The number of halogens is 1. The summed E-state index contributed by atoms with van der Waals surface area (Å²) in [6.45, 7) is 5.88. The second-order valence-corrected chi connectivity index (χ2v) is 8.07. The summed E-state index contributed by atoms with van der Waals surface area (Å²) in [7, 11) is 0. The Morgan fingerprint density at radius 2 is 1.71 bits per heavy atom. The standard InChI is InChI=1S/C25H22FN3OS/c1-16-9-8-13-22(17(16)2)27-25-29(28-18(3)19-10-5-7-14-24(19)30)23(15-31-25)20-11-4-6-12-21(20)26/h4-15,30H,1-3H3. The van der Waals surface area contributed by atoms with Crippen molar-refractivity contribution in [1.82, 2.24) is 4.68 Å². The average molecular weight is 432 g/mol. The largest absolute Gasteiger partial charge is 0.507 e. The number of thiazole rings is 1. The molecule has 0 bridgehead atoms. The fourth-order valence-electron chi connectivity index (χ4n) is 3.27. The Morgan fingerprint density at radius 3 is 2.48 bits per heavy atom. The van der Waals surface area contributed by atoms with Crippen LogP contribution in [0.15, 0.2) is 82.2 Å². The van der Waals surface area contributed by atoms with Crippen LogP contribution in [-0.4, -0.2) is 15.5 Å². The van der Waals surface area contributed by atoms with Gasteiger partial charge in [-0.25, -0.2) is 14.1 Å². The van der Waals surface area contributed by atoms with Crippen molar-refractivity contribution in [2.45, 2.75) is 20.8 Å². The lowest BCUT2D eigenvalue weighted by Crippen LogP contribution is -2.14. The fourth-order valence-corrected chi connectivity index (χ4v) is 4.11. The van der Waals surface area contributed by atoms with Crippen LogP contribution < -0.4 is 4.80 Å². The van der Waals surface area contributed by atoms with Crippen molar-refractivity contribution >= 4 is 22.7 Å². The summed E-state index contributed by atoms with van der Waals surface area (Å²) >= 11 is 1.39. The molecule has 0 saturated carbocycles. The molecule has 4 rings (SSSR count). The van der Waals surface area contributed by atoms with Crippen molar-refractivity contribution in [1.29, 1.82) is 0 Å². The van der Waals surface area contributed by atoms with Crippen LogP contribution in [0.25, 0.3) is 11.3 Å². The number of hydrogen-bond acceptors (Lipinski definition) is 4. The van der Waals surface area contributed by atoms with Crippen molar-refractivity contribution in [2.75, 3.05) is 0 Å². The van der Waals surface area contributed by atoms with Crippen LogP contribution in [-0.2, 0) is 0 Å². The van der Waals surface area contributed by atoms with Gasteiger partial charge < -0.3 is 5.11 Å². The molecule has 4 aromatic rings. The van der Waals surface area contributed by atoms with Crippen LogP contribution in [0.3, 0.4) is 0 Å². The first kappa shape index (κ1) is 20.8. The summed E-state index contributed by atoms with van der Waals surface area (Å²) < 4.78 is 16.3. The van der Waals surface area contributed by atoms with Gasteiger partial charge >= 0.3 is 0 Å². The van der Waals surface area contributed by atoms with Crippen molar-refractivity contribution < 1.29 is 9.50 Å². The minimum absolute atomic E-state index is 0.139. The number of benzene rings is 3. The zero-order valence-electron chi connectivity index (χ0n) is 17.5. The van der Waals surface area contributed by atoms with Crippen molar-refractivity contribution in [3.63, 3.8) is 0 Å². The molecule has 156 valence electrons. The molecule has 0 amide bonds. The maximum atomic E-state index is 14.6. The van der Waals surface area contributed by atoms with E-state index < -0.39 is 0 Å². The first-order valence-corrected chi connectivity index (χ1v) is 10.7. The molecule has 6 heteroatoms. The molecule has 0 aliphatic heterocycles. The van der Waals surface area contributed by atoms with Crippen LogP contribution in [0, 0.1) is 19.7 Å². The van der Waals surface area contributed by atoms with Gasteiger partial charge in [-0.05, 0) is 62.2 Å². The SMILES string of the molecule is CC(=Nn1c(-c2ccccc2F)csc1=Nc1cccc(C)c1C)c1ccccc1O. The maximum Gasteiger partial charge on any atom is 0.211 e. The normalized spacial score (nSPS) is 12.4. The van der Waals surface area contributed by atoms with E-state index in [2.05, 4.69) is 0 Å². The lowest BCUT2D eigenvalue weighted by molar-refractivity contribution is 0.474. The number of aryl methyl sites for hydroxylation is 1. The molecule has 0 atom stereocenters. The van der Waals surface area contributed by atoms with E-state index in [0.717, 1.165) is 16.8 Å². The summed E-state index contributed by atoms with van der Waals surface area (Å²) in [6.07, 6.45) is 0. The fraction of sp³-hybridized carbons (Fsp3) is 0.120. The number of para-hydroxylation sites is 1. The molecule has 0 fully saturated rings. The molecule has 4 nitrogen and oxygen atoms in total. The molecule has 3 aromatic carbocycles. The summed E-state index contributed by atoms with van der Waals surface area (Å²) in [6, 6.07) is 19.6. The van der Waals surface area contributed by atoms with Gasteiger partial charge in [0.05, 0.1) is 17.1 Å². The Labute approximate surface area is 184 Å². The molecule has 1 heterocycles. The molecule has 0 radical (unpaired) electrons. The molecule has 1 aromatic heterocycles. The molecule has 0 aliphatic rings. The topological polar surface area (TPSA) is 49.9 Å².